The van der Waals surface area contributed by atoms with Crippen LogP contribution in [0.25, 0.3) is 0 Å². The molecule has 126 valence electrons. The Morgan fingerprint density at radius 1 is 1.12 bits per heavy atom. The lowest BCUT2D eigenvalue weighted by atomic mass is 10.0. The van der Waals surface area contributed by atoms with Crippen LogP contribution in [0.5, 0.6) is 5.75 Å². The van der Waals surface area contributed by atoms with Crippen molar-refractivity contribution in [1.82, 2.24) is 5.43 Å². The Morgan fingerprint density at radius 2 is 1.79 bits per heavy atom. The average molecular weight is 328 g/mol. The molecule has 0 aliphatic rings. The number of nitrogens with one attached hydrogen (secondary N) is 1. The summed E-state index contributed by atoms with van der Waals surface area (Å²) < 4.78 is 18.6. The number of ether oxygens (including phenoxy) is 1. The zero-order chi connectivity index (χ0) is 17.4. The molecule has 0 radical (unpaired) electrons. The number of rotatable bonds is 7. The molecule has 2 aromatic rings. The molecule has 2 aromatic carbocycles. The van der Waals surface area contributed by atoms with Gasteiger partial charge in [-0.3, -0.25) is 4.79 Å². The fraction of sp³-hybridized carbons (Fsp3) is 0.263. The number of hydrazone groups is 1. The number of nitrogens with zero attached hydrogens (tertiary/aromatic N) is 1. The van der Waals surface area contributed by atoms with E-state index in [-0.39, 0.29) is 12.4 Å². The van der Waals surface area contributed by atoms with Gasteiger partial charge in [0.05, 0.1) is 5.71 Å². The second kappa shape index (κ2) is 8.82. The number of carbonyl (C=O) groups is 1. The van der Waals surface area contributed by atoms with Gasteiger partial charge in [0.25, 0.3) is 5.91 Å². The molecule has 0 saturated carbocycles. The number of carbonyl (C=O) groups excluding carboxylic acids is 1. The predicted molar refractivity (Wildman–Crippen MR) is 92.5 cm³/mol. The summed E-state index contributed by atoms with van der Waals surface area (Å²) in [6.07, 6.45) is 0.735. The van der Waals surface area contributed by atoms with E-state index < -0.39 is 11.7 Å². The standard InChI is InChI=1S/C19H21FN2O2/c1-14(2)12-17(15-8-4-3-5-9-15)21-22-19(23)13-24-18-11-7-6-10-16(18)20/h3-11,14H,12-13H2,1-2H3,(H,22,23)/b21-17-. The molecule has 0 aliphatic heterocycles. The fourth-order valence-electron chi connectivity index (χ4n) is 2.11. The molecule has 0 unspecified atom stereocenters. The summed E-state index contributed by atoms with van der Waals surface area (Å²) in [4.78, 5) is 11.9. The van der Waals surface area contributed by atoms with Crippen LogP contribution in [-0.2, 0) is 4.79 Å². The van der Waals surface area contributed by atoms with Crippen molar-refractivity contribution in [3.63, 3.8) is 0 Å². The average Bonchev–Trinajstić information content (AvgIpc) is 2.58. The highest BCUT2D eigenvalue weighted by atomic mass is 19.1. The molecule has 0 fully saturated rings. The van der Waals surface area contributed by atoms with E-state index in [1.54, 1.807) is 12.1 Å². The summed E-state index contributed by atoms with van der Waals surface area (Å²) >= 11 is 0. The highest BCUT2D eigenvalue weighted by molar-refractivity contribution is 6.01. The van der Waals surface area contributed by atoms with Gasteiger partial charge in [-0.2, -0.15) is 5.10 Å². The first kappa shape index (κ1) is 17.7. The lowest BCUT2D eigenvalue weighted by molar-refractivity contribution is -0.123. The van der Waals surface area contributed by atoms with Gasteiger partial charge in [-0.15, -0.1) is 0 Å². The zero-order valence-electron chi connectivity index (χ0n) is 13.8. The molecule has 0 saturated heterocycles. The van der Waals surface area contributed by atoms with Crippen molar-refractivity contribution in [2.24, 2.45) is 11.0 Å². The van der Waals surface area contributed by atoms with E-state index in [2.05, 4.69) is 24.4 Å². The van der Waals surface area contributed by atoms with Gasteiger partial charge < -0.3 is 4.74 Å². The van der Waals surface area contributed by atoms with Gasteiger partial charge in [-0.25, -0.2) is 9.82 Å². The van der Waals surface area contributed by atoms with Crippen LogP contribution in [-0.4, -0.2) is 18.2 Å². The maximum absolute atomic E-state index is 13.4. The second-order valence-electron chi connectivity index (χ2n) is 5.78. The molecule has 4 nitrogen and oxygen atoms in total. The lowest BCUT2D eigenvalue weighted by Gasteiger charge is -2.10. The third-order valence-corrected chi connectivity index (χ3v) is 3.22. The monoisotopic (exact) mass is 328 g/mol. The Bertz CT molecular complexity index is 700. The van der Waals surface area contributed by atoms with Gasteiger partial charge in [-0.05, 0) is 30.0 Å². The first-order chi connectivity index (χ1) is 11.6. The number of halogens is 1. The van der Waals surface area contributed by atoms with Crippen LogP contribution in [0.1, 0.15) is 25.8 Å². The van der Waals surface area contributed by atoms with Gasteiger partial charge in [0.1, 0.15) is 0 Å². The second-order valence-corrected chi connectivity index (χ2v) is 5.78. The maximum Gasteiger partial charge on any atom is 0.277 e. The van der Waals surface area contributed by atoms with Crippen molar-refractivity contribution < 1.29 is 13.9 Å². The molecule has 1 N–H and O–H groups in total. The van der Waals surface area contributed by atoms with Crippen LogP contribution in [0.4, 0.5) is 4.39 Å². The smallest absolute Gasteiger partial charge is 0.277 e. The highest BCUT2D eigenvalue weighted by Crippen LogP contribution is 2.15. The van der Waals surface area contributed by atoms with E-state index in [1.165, 1.54) is 12.1 Å². The molecule has 1 amide bonds. The minimum absolute atomic E-state index is 0.0436. The Hall–Kier alpha value is -2.69. The molecule has 2 rings (SSSR count). The molecule has 0 bridgehead atoms. The first-order valence-electron chi connectivity index (χ1n) is 7.84. The third kappa shape index (κ3) is 5.50. The van der Waals surface area contributed by atoms with Crippen LogP contribution in [0.3, 0.4) is 0 Å². The molecular weight excluding hydrogens is 307 g/mol. The van der Waals surface area contributed by atoms with Crippen LogP contribution in [0.15, 0.2) is 59.7 Å². The summed E-state index contributed by atoms with van der Waals surface area (Å²) in [6.45, 7) is 3.87. The van der Waals surface area contributed by atoms with Crippen LogP contribution < -0.4 is 10.2 Å². The van der Waals surface area contributed by atoms with Crippen LogP contribution >= 0.6 is 0 Å². The molecular formula is C19H21FN2O2. The normalized spacial score (nSPS) is 11.4. The topological polar surface area (TPSA) is 50.7 Å². The summed E-state index contributed by atoms with van der Waals surface area (Å²) in [7, 11) is 0. The van der Waals surface area contributed by atoms with E-state index in [1.807, 2.05) is 30.3 Å². The summed E-state index contributed by atoms with van der Waals surface area (Å²) in [5.74, 6) is -0.494. The van der Waals surface area contributed by atoms with Crippen molar-refractivity contribution in [1.29, 1.82) is 0 Å². The minimum Gasteiger partial charge on any atom is -0.481 e. The van der Waals surface area contributed by atoms with Crippen LogP contribution in [0, 0.1) is 11.7 Å². The van der Waals surface area contributed by atoms with Crippen molar-refractivity contribution in [2.75, 3.05) is 6.61 Å². The number of benzene rings is 2. The molecule has 0 aliphatic carbocycles. The Kier molecular flexibility index (Phi) is 6.49. The number of para-hydroxylation sites is 1. The van der Waals surface area contributed by atoms with Gasteiger partial charge in [-0.1, -0.05) is 56.3 Å². The molecule has 0 heterocycles. The predicted octanol–water partition coefficient (Wildman–Crippen LogP) is 3.77. The Balaban J connectivity index is 1.97. The van der Waals surface area contributed by atoms with Gasteiger partial charge in [0.2, 0.25) is 0 Å². The minimum atomic E-state index is -0.501. The number of amides is 1. The molecule has 0 aromatic heterocycles. The van der Waals surface area contributed by atoms with Crippen molar-refractivity contribution >= 4 is 11.6 Å². The van der Waals surface area contributed by atoms with E-state index in [0.29, 0.717) is 5.92 Å². The van der Waals surface area contributed by atoms with E-state index in [4.69, 9.17) is 4.74 Å². The lowest BCUT2D eigenvalue weighted by Crippen LogP contribution is -2.26. The third-order valence-electron chi connectivity index (χ3n) is 3.22. The largest absolute Gasteiger partial charge is 0.481 e. The highest BCUT2D eigenvalue weighted by Gasteiger charge is 2.09. The quantitative estimate of drug-likeness (QED) is 0.621. The Morgan fingerprint density at radius 3 is 2.46 bits per heavy atom. The van der Waals surface area contributed by atoms with Crippen molar-refractivity contribution in [2.45, 2.75) is 20.3 Å². The summed E-state index contributed by atoms with van der Waals surface area (Å²) in [5.41, 5.74) is 4.23. The number of hydrogen-bond acceptors (Lipinski definition) is 3. The van der Waals surface area contributed by atoms with Gasteiger partial charge in [0, 0.05) is 0 Å². The van der Waals surface area contributed by atoms with Gasteiger partial charge in [0.15, 0.2) is 18.2 Å². The maximum atomic E-state index is 13.4. The van der Waals surface area contributed by atoms with Crippen LogP contribution in [0.2, 0.25) is 0 Å². The summed E-state index contributed by atoms with van der Waals surface area (Å²) in [5, 5.41) is 4.21. The molecule has 0 spiro atoms. The number of hydrogen-bond donors (Lipinski definition) is 1. The first-order valence-corrected chi connectivity index (χ1v) is 7.84. The molecule has 0 atom stereocenters. The molecule has 24 heavy (non-hydrogen) atoms. The van der Waals surface area contributed by atoms with E-state index in [0.717, 1.165) is 17.7 Å². The van der Waals surface area contributed by atoms with Crippen molar-refractivity contribution in [3.05, 3.63) is 66.0 Å². The van der Waals surface area contributed by atoms with Gasteiger partial charge >= 0.3 is 0 Å². The Labute approximate surface area is 141 Å². The zero-order valence-corrected chi connectivity index (χ0v) is 13.8. The SMILES string of the molecule is CC(C)C/C(=N/NC(=O)COc1ccccc1F)c1ccccc1. The van der Waals surface area contributed by atoms with Crippen molar-refractivity contribution in [3.8, 4) is 5.75 Å². The van der Waals surface area contributed by atoms with E-state index >= 15 is 0 Å². The molecule has 5 heteroatoms. The summed E-state index contributed by atoms with van der Waals surface area (Å²) in [6, 6.07) is 15.6. The van der Waals surface area contributed by atoms with E-state index in [9.17, 15) is 9.18 Å². The fourth-order valence-corrected chi connectivity index (χ4v) is 2.11.